The van der Waals surface area contributed by atoms with Crippen molar-refractivity contribution in [3.05, 3.63) is 18.0 Å². The van der Waals surface area contributed by atoms with Crippen molar-refractivity contribution in [1.29, 1.82) is 0 Å². The maximum Gasteiger partial charge on any atom is 0.272 e. The predicted molar refractivity (Wildman–Crippen MR) is 76.6 cm³/mol. The van der Waals surface area contributed by atoms with Gasteiger partial charge in [-0.3, -0.25) is 19.1 Å². The van der Waals surface area contributed by atoms with Crippen LogP contribution in [0.25, 0.3) is 0 Å². The van der Waals surface area contributed by atoms with Gasteiger partial charge >= 0.3 is 0 Å². The average Bonchev–Trinajstić information content (AvgIpc) is 2.93. The lowest BCUT2D eigenvalue weighted by molar-refractivity contribution is -0.137. The van der Waals surface area contributed by atoms with Gasteiger partial charge < -0.3 is 16.0 Å². The fraction of sp³-hybridized carbons (Fsp3) is 0.538. The molecule has 0 aliphatic rings. The van der Waals surface area contributed by atoms with E-state index in [2.05, 4.69) is 10.4 Å². The van der Waals surface area contributed by atoms with Gasteiger partial charge in [0.15, 0.2) is 0 Å². The van der Waals surface area contributed by atoms with Gasteiger partial charge in [0.05, 0.1) is 13.1 Å². The molecule has 0 saturated carbocycles. The zero-order chi connectivity index (χ0) is 16.7. The molecule has 1 aromatic heterocycles. The van der Waals surface area contributed by atoms with Crippen LogP contribution in [0.5, 0.6) is 0 Å². The monoisotopic (exact) mass is 313 g/mol. The third-order valence-electron chi connectivity index (χ3n) is 3.16. The minimum Gasteiger partial charge on any atom is -0.368 e. The molecule has 1 aromatic rings. The summed E-state index contributed by atoms with van der Waals surface area (Å²) in [4.78, 5) is 36.1. The van der Waals surface area contributed by atoms with E-state index in [4.69, 9.17) is 5.73 Å². The number of carbonyl (C=O) groups excluding carboxylic acids is 3. The molecular formula is C13H20FN5O3. The summed E-state index contributed by atoms with van der Waals surface area (Å²) in [6.07, 6.45) is 1.86. The zero-order valence-corrected chi connectivity index (χ0v) is 12.6. The number of hydrogen-bond acceptors (Lipinski definition) is 4. The number of aromatic nitrogens is 2. The molecule has 0 fully saturated rings. The summed E-state index contributed by atoms with van der Waals surface area (Å²) in [6, 6.07) is 0.713. The van der Waals surface area contributed by atoms with E-state index in [-0.39, 0.29) is 18.8 Å². The number of alkyl halides is 1. The number of nitrogens with zero attached hydrogens (tertiary/aromatic N) is 3. The van der Waals surface area contributed by atoms with Crippen LogP contribution in [0.1, 0.15) is 23.8 Å². The summed E-state index contributed by atoms with van der Waals surface area (Å²) < 4.78 is 13.5. The molecule has 1 heterocycles. The fourth-order valence-electron chi connectivity index (χ4n) is 1.90. The van der Waals surface area contributed by atoms with Crippen molar-refractivity contribution < 1.29 is 18.8 Å². The van der Waals surface area contributed by atoms with Crippen molar-refractivity contribution >= 4 is 17.7 Å². The van der Waals surface area contributed by atoms with Crippen molar-refractivity contribution in [3.63, 3.8) is 0 Å². The molecule has 0 aliphatic carbocycles. The molecule has 122 valence electrons. The standard InChI is InChI=1S/C13H20FN5O3/c1-3-10(12(15)21)18(2)11(20)8-16-13(22)9-4-6-19(17-9)7-5-14/h4,6,10H,3,5,7-8H2,1-2H3,(H2,15,21)(H,16,22). The molecule has 0 saturated heterocycles. The van der Waals surface area contributed by atoms with Crippen LogP contribution in [0, 0.1) is 0 Å². The summed E-state index contributed by atoms with van der Waals surface area (Å²) >= 11 is 0. The number of aryl methyl sites for hydroxylation is 1. The first-order chi connectivity index (χ1) is 10.4. The lowest BCUT2D eigenvalue weighted by Gasteiger charge is -2.24. The van der Waals surface area contributed by atoms with E-state index in [9.17, 15) is 18.8 Å². The van der Waals surface area contributed by atoms with E-state index >= 15 is 0 Å². The highest BCUT2D eigenvalue weighted by atomic mass is 19.1. The molecule has 3 N–H and O–H groups in total. The van der Waals surface area contributed by atoms with E-state index in [1.165, 1.54) is 28.9 Å². The molecule has 0 radical (unpaired) electrons. The largest absolute Gasteiger partial charge is 0.368 e. The maximum absolute atomic E-state index is 12.2. The molecule has 0 aromatic carbocycles. The van der Waals surface area contributed by atoms with E-state index in [0.29, 0.717) is 6.42 Å². The Morgan fingerprint density at radius 2 is 2.18 bits per heavy atom. The van der Waals surface area contributed by atoms with E-state index in [1.807, 2.05) is 0 Å². The Bertz CT molecular complexity index is 546. The van der Waals surface area contributed by atoms with Crippen molar-refractivity contribution in [3.8, 4) is 0 Å². The van der Waals surface area contributed by atoms with Crippen LogP contribution in [-0.4, -0.2) is 58.7 Å². The topological polar surface area (TPSA) is 110 Å². The number of nitrogens with two attached hydrogens (primary N) is 1. The van der Waals surface area contributed by atoms with Crippen LogP contribution in [0.2, 0.25) is 0 Å². The Hall–Kier alpha value is -2.45. The smallest absolute Gasteiger partial charge is 0.272 e. The summed E-state index contributed by atoms with van der Waals surface area (Å²) in [5.74, 6) is -1.59. The second-order valence-electron chi connectivity index (χ2n) is 4.67. The van der Waals surface area contributed by atoms with Gasteiger partial charge in [-0.2, -0.15) is 5.10 Å². The lowest BCUT2D eigenvalue weighted by Crippen LogP contribution is -2.48. The van der Waals surface area contributed by atoms with Crippen LogP contribution >= 0.6 is 0 Å². The van der Waals surface area contributed by atoms with Crippen molar-refractivity contribution in [1.82, 2.24) is 20.0 Å². The number of amides is 3. The Balaban J connectivity index is 2.55. The first-order valence-electron chi connectivity index (χ1n) is 6.83. The Kier molecular flexibility index (Phi) is 6.48. The molecule has 1 atom stereocenters. The first kappa shape index (κ1) is 17.6. The second kappa shape index (κ2) is 8.11. The van der Waals surface area contributed by atoms with Crippen LogP contribution in [-0.2, 0) is 16.1 Å². The summed E-state index contributed by atoms with van der Waals surface area (Å²) in [5, 5.41) is 6.27. The van der Waals surface area contributed by atoms with Crippen LogP contribution in [0.4, 0.5) is 4.39 Å². The SMILES string of the molecule is CCC(C(N)=O)N(C)C(=O)CNC(=O)c1ccn(CCF)n1. The Labute approximate surface area is 127 Å². The summed E-state index contributed by atoms with van der Waals surface area (Å²) in [7, 11) is 1.45. The first-order valence-corrected chi connectivity index (χ1v) is 6.83. The number of nitrogens with one attached hydrogen (secondary N) is 1. The van der Waals surface area contributed by atoms with Crippen LogP contribution in [0.3, 0.4) is 0 Å². The van der Waals surface area contributed by atoms with Gasteiger partial charge in [0.2, 0.25) is 11.8 Å². The van der Waals surface area contributed by atoms with Gasteiger partial charge in [-0.15, -0.1) is 0 Å². The van der Waals surface area contributed by atoms with Gasteiger partial charge in [-0.05, 0) is 12.5 Å². The summed E-state index contributed by atoms with van der Waals surface area (Å²) in [5.41, 5.74) is 5.29. The third-order valence-corrected chi connectivity index (χ3v) is 3.16. The van der Waals surface area contributed by atoms with Crippen molar-refractivity contribution in [2.75, 3.05) is 20.3 Å². The summed E-state index contributed by atoms with van der Waals surface area (Å²) in [6.45, 7) is 0.924. The zero-order valence-electron chi connectivity index (χ0n) is 12.6. The number of likely N-dealkylation sites (N-methyl/N-ethyl adjacent to an activating group) is 1. The maximum atomic E-state index is 12.2. The molecule has 1 unspecified atom stereocenters. The molecule has 9 heteroatoms. The molecular weight excluding hydrogens is 293 g/mol. The number of hydrogen-bond donors (Lipinski definition) is 2. The second-order valence-corrected chi connectivity index (χ2v) is 4.67. The highest BCUT2D eigenvalue weighted by Gasteiger charge is 2.23. The average molecular weight is 313 g/mol. The Morgan fingerprint density at radius 1 is 1.50 bits per heavy atom. The molecule has 0 spiro atoms. The number of carbonyl (C=O) groups is 3. The van der Waals surface area contributed by atoms with E-state index in [1.54, 1.807) is 6.92 Å². The van der Waals surface area contributed by atoms with E-state index < -0.39 is 30.4 Å². The number of rotatable bonds is 8. The molecule has 1 rings (SSSR count). The van der Waals surface area contributed by atoms with Gasteiger partial charge in [0.1, 0.15) is 18.4 Å². The third kappa shape index (κ3) is 4.54. The molecule has 0 bridgehead atoms. The highest BCUT2D eigenvalue weighted by molar-refractivity contribution is 5.95. The van der Waals surface area contributed by atoms with Crippen LogP contribution < -0.4 is 11.1 Å². The van der Waals surface area contributed by atoms with Gasteiger partial charge in [0.25, 0.3) is 5.91 Å². The van der Waals surface area contributed by atoms with Crippen molar-refractivity contribution in [2.24, 2.45) is 5.73 Å². The fourth-order valence-corrected chi connectivity index (χ4v) is 1.90. The lowest BCUT2D eigenvalue weighted by atomic mass is 10.2. The number of halogens is 1. The molecule has 3 amide bonds. The molecule has 22 heavy (non-hydrogen) atoms. The van der Waals surface area contributed by atoms with Crippen LogP contribution in [0.15, 0.2) is 12.3 Å². The predicted octanol–water partition coefficient (Wildman–Crippen LogP) is -0.695. The van der Waals surface area contributed by atoms with Crippen molar-refractivity contribution in [2.45, 2.75) is 25.9 Å². The van der Waals surface area contributed by atoms with Gasteiger partial charge in [-0.1, -0.05) is 6.92 Å². The van der Waals surface area contributed by atoms with E-state index in [0.717, 1.165) is 0 Å². The minimum atomic E-state index is -0.715. The van der Waals surface area contributed by atoms with Gasteiger partial charge in [0, 0.05) is 13.2 Å². The molecule has 8 nitrogen and oxygen atoms in total. The number of primary amides is 1. The minimum absolute atomic E-state index is 0.0612. The van der Waals surface area contributed by atoms with Gasteiger partial charge in [-0.25, -0.2) is 4.39 Å². The quantitative estimate of drug-likeness (QED) is 0.661. The Morgan fingerprint density at radius 3 is 2.73 bits per heavy atom. The molecule has 0 aliphatic heterocycles. The normalized spacial score (nSPS) is 11.8. The highest BCUT2D eigenvalue weighted by Crippen LogP contribution is 2.01.